The molecule has 0 aromatic heterocycles. The van der Waals surface area contributed by atoms with Crippen LogP contribution in [0.15, 0.2) is 70.0 Å². The van der Waals surface area contributed by atoms with Gasteiger partial charge in [0.2, 0.25) is 0 Å². The third-order valence-corrected chi connectivity index (χ3v) is 7.06. The average molecular weight is 573 g/mol. The molecule has 3 aromatic rings. The normalized spacial score (nSPS) is 14.5. The summed E-state index contributed by atoms with van der Waals surface area (Å²) in [6.07, 6.45) is 1.59. The van der Waals surface area contributed by atoms with Gasteiger partial charge in [-0.15, -0.1) is 0 Å². The summed E-state index contributed by atoms with van der Waals surface area (Å²) < 4.78 is 11.5. The van der Waals surface area contributed by atoms with E-state index in [0.717, 1.165) is 22.2 Å². The third kappa shape index (κ3) is 5.61. The van der Waals surface area contributed by atoms with E-state index >= 15 is 0 Å². The molecule has 4 rings (SSSR count). The molecule has 1 aliphatic rings. The Bertz CT molecular complexity index is 1360. The number of hydrogen-bond acceptors (Lipinski definition) is 6. The van der Waals surface area contributed by atoms with Crippen LogP contribution in [0.3, 0.4) is 0 Å². The van der Waals surface area contributed by atoms with E-state index < -0.39 is 11.9 Å². The van der Waals surface area contributed by atoms with E-state index in [4.69, 9.17) is 21.1 Å². The van der Waals surface area contributed by atoms with Crippen LogP contribution in [0.4, 0.5) is 4.79 Å². The fraction of sp³-hybridized carbons (Fsp3) is 0.115. The first-order valence-electron chi connectivity index (χ1n) is 10.4. The highest BCUT2D eigenvalue weighted by Crippen LogP contribution is 2.40. The number of benzene rings is 3. The van der Waals surface area contributed by atoms with Crippen LogP contribution in [0.5, 0.6) is 11.5 Å². The van der Waals surface area contributed by atoms with Gasteiger partial charge in [0.1, 0.15) is 0 Å². The standard InChI is InChI=1S/C26H19BrClNO5S/c1-15-7-9-17(10-8-15)25(31)34-23-19(27)11-16(12-21(23)33-2)13-22-24(30)29(26(32)35-22)14-18-5-3-4-6-20(18)28/h3-13H,14H2,1-2H3/b22-13-. The molecular weight excluding hydrogens is 554 g/mol. The molecular formula is C26H19BrClNO5S. The molecule has 1 heterocycles. The zero-order valence-corrected chi connectivity index (χ0v) is 21.9. The Hall–Kier alpha value is -3.07. The predicted octanol–water partition coefficient (Wildman–Crippen LogP) is 6.88. The van der Waals surface area contributed by atoms with Gasteiger partial charge in [-0.3, -0.25) is 14.5 Å². The number of imide groups is 1. The van der Waals surface area contributed by atoms with Gasteiger partial charge in [-0.2, -0.15) is 0 Å². The van der Waals surface area contributed by atoms with Crippen LogP contribution in [-0.4, -0.2) is 29.1 Å². The van der Waals surface area contributed by atoms with Crippen molar-refractivity contribution in [3.8, 4) is 11.5 Å². The van der Waals surface area contributed by atoms with E-state index in [-0.39, 0.29) is 22.4 Å². The summed E-state index contributed by atoms with van der Waals surface area (Å²) >= 11 is 10.5. The maximum Gasteiger partial charge on any atom is 0.343 e. The number of esters is 1. The van der Waals surface area contributed by atoms with Crippen molar-refractivity contribution in [3.05, 3.63) is 97.3 Å². The fourth-order valence-corrected chi connectivity index (χ4v) is 4.92. The Labute approximate surface area is 220 Å². The second-order valence-electron chi connectivity index (χ2n) is 7.65. The van der Waals surface area contributed by atoms with Crippen molar-refractivity contribution < 1.29 is 23.9 Å². The van der Waals surface area contributed by atoms with Crippen molar-refractivity contribution in [1.29, 1.82) is 0 Å². The molecule has 0 saturated carbocycles. The van der Waals surface area contributed by atoms with Gasteiger partial charge in [-0.1, -0.05) is 47.5 Å². The SMILES string of the molecule is COc1cc(/C=C2\SC(=O)N(Cc3ccccc3Cl)C2=O)cc(Br)c1OC(=O)c1ccc(C)cc1. The van der Waals surface area contributed by atoms with Crippen molar-refractivity contribution in [1.82, 2.24) is 4.90 Å². The molecule has 178 valence electrons. The van der Waals surface area contributed by atoms with E-state index in [1.165, 1.54) is 7.11 Å². The minimum atomic E-state index is -0.530. The Morgan fingerprint density at radius 1 is 1.11 bits per heavy atom. The first-order valence-corrected chi connectivity index (χ1v) is 12.4. The number of carbonyl (C=O) groups is 3. The van der Waals surface area contributed by atoms with Gasteiger partial charge in [0.15, 0.2) is 11.5 Å². The molecule has 9 heteroatoms. The summed E-state index contributed by atoms with van der Waals surface area (Å²) in [6, 6.07) is 17.4. The molecule has 1 aliphatic heterocycles. The summed E-state index contributed by atoms with van der Waals surface area (Å²) in [5.74, 6) is -0.439. The molecule has 1 fully saturated rings. The van der Waals surface area contributed by atoms with E-state index in [0.29, 0.717) is 31.9 Å². The van der Waals surface area contributed by atoms with Crippen LogP contribution in [0.2, 0.25) is 5.02 Å². The quantitative estimate of drug-likeness (QED) is 0.182. The van der Waals surface area contributed by atoms with Gasteiger partial charge in [0.05, 0.1) is 28.6 Å². The van der Waals surface area contributed by atoms with E-state index in [9.17, 15) is 14.4 Å². The second-order valence-corrected chi connectivity index (χ2v) is 9.90. The molecule has 0 atom stereocenters. The number of thioether (sulfide) groups is 1. The zero-order valence-electron chi connectivity index (χ0n) is 18.7. The third-order valence-electron chi connectivity index (χ3n) is 5.19. The number of nitrogens with zero attached hydrogens (tertiary/aromatic N) is 1. The van der Waals surface area contributed by atoms with Gasteiger partial charge in [0, 0.05) is 5.02 Å². The molecule has 2 amide bonds. The molecule has 6 nitrogen and oxygen atoms in total. The lowest BCUT2D eigenvalue weighted by atomic mass is 10.1. The molecule has 0 N–H and O–H groups in total. The number of amides is 2. The Morgan fingerprint density at radius 3 is 2.51 bits per heavy atom. The maximum absolute atomic E-state index is 12.9. The first-order chi connectivity index (χ1) is 16.8. The number of halogens is 2. The number of methoxy groups -OCH3 is 1. The average Bonchev–Trinajstić information content (AvgIpc) is 3.09. The summed E-state index contributed by atoms with van der Waals surface area (Å²) in [6.45, 7) is 2.02. The number of hydrogen-bond donors (Lipinski definition) is 0. The maximum atomic E-state index is 12.9. The molecule has 0 aliphatic carbocycles. The second kappa shape index (κ2) is 10.7. The smallest absolute Gasteiger partial charge is 0.343 e. The molecule has 0 radical (unpaired) electrons. The van der Waals surface area contributed by atoms with Crippen LogP contribution >= 0.6 is 39.3 Å². The lowest BCUT2D eigenvalue weighted by molar-refractivity contribution is -0.123. The Balaban J connectivity index is 1.57. The lowest BCUT2D eigenvalue weighted by Gasteiger charge is -2.13. The van der Waals surface area contributed by atoms with Crippen LogP contribution in [0, 0.1) is 6.92 Å². The molecule has 1 saturated heterocycles. The van der Waals surface area contributed by atoms with Gasteiger partial charge < -0.3 is 9.47 Å². The highest BCUT2D eigenvalue weighted by molar-refractivity contribution is 9.10. The van der Waals surface area contributed by atoms with E-state index in [2.05, 4.69) is 15.9 Å². The largest absolute Gasteiger partial charge is 0.493 e. The summed E-state index contributed by atoms with van der Waals surface area (Å²) in [4.78, 5) is 39.5. The zero-order chi connectivity index (χ0) is 25.1. The predicted molar refractivity (Wildman–Crippen MR) is 140 cm³/mol. The minimum Gasteiger partial charge on any atom is -0.493 e. The number of ether oxygens (including phenoxy) is 2. The van der Waals surface area contributed by atoms with Crippen molar-refractivity contribution in [3.63, 3.8) is 0 Å². The van der Waals surface area contributed by atoms with E-state index in [1.54, 1.807) is 54.6 Å². The van der Waals surface area contributed by atoms with Crippen LogP contribution in [-0.2, 0) is 11.3 Å². The van der Waals surface area contributed by atoms with Crippen LogP contribution in [0.1, 0.15) is 27.0 Å². The van der Waals surface area contributed by atoms with Gasteiger partial charge >= 0.3 is 5.97 Å². The highest BCUT2D eigenvalue weighted by atomic mass is 79.9. The van der Waals surface area contributed by atoms with Crippen molar-refractivity contribution in [2.24, 2.45) is 0 Å². The molecule has 0 bridgehead atoms. The van der Waals surface area contributed by atoms with Crippen LogP contribution in [0.25, 0.3) is 6.08 Å². The minimum absolute atomic E-state index is 0.0859. The van der Waals surface area contributed by atoms with Crippen molar-refractivity contribution >= 4 is 62.5 Å². The summed E-state index contributed by atoms with van der Waals surface area (Å²) in [7, 11) is 1.45. The first kappa shape index (κ1) is 25.0. The van der Waals surface area contributed by atoms with Gasteiger partial charge in [-0.25, -0.2) is 4.79 Å². The molecule has 3 aromatic carbocycles. The number of rotatable bonds is 6. The molecule has 35 heavy (non-hydrogen) atoms. The van der Waals surface area contributed by atoms with Gasteiger partial charge in [0.25, 0.3) is 11.1 Å². The van der Waals surface area contributed by atoms with Crippen molar-refractivity contribution in [2.45, 2.75) is 13.5 Å². The monoisotopic (exact) mass is 571 g/mol. The van der Waals surface area contributed by atoms with Gasteiger partial charge in [-0.05, 0) is 82.2 Å². The fourth-order valence-electron chi connectivity index (χ4n) is 3.35. The number of aryl methyl sites for hydroxylation is 1. The lowest BCUT2D eigenvalue weighted by Crippen LogP contribution is -2.27. The Kier molecular flexibility index (Phi) is 7.64. The molecule has 0 spiro atoms. The summed E-state index contributed by atoms with van der Waals surface area (Å²) in [5.41, 5.74) is 2.70. The molecule has 0 unspecified atom stereocenters. The number of carbonyl (C=O) groups excluding carboxylic acids is 3. The van der Waals surface area contributed by atoms with E-state index in [1.807, 2.05) is 19.1 Å². The highest BCUT2D eigenvalue weighted by Gasteiger charge is 2.35. The Morgan fingerprint density at radius 2 is 1.83 bits per heavy atom. The topological polar surface area (TPSA) is 72.9 Å². The van der Waals surface area contributed by atoms with Crippen molar-refractivity contribution in [2.75, 3.05) is 7.11 Å². The summed E-state index contributed by atoms with van der Waals surface area (Å²) in [5, 5.41) is 0.107. The van der Waals surface area contributed by atoms with Crippen LogP contribution < -0.4 is 9.47 Å².